The number of aldehydes is 1. The number of nitrogens with one attached hydrogen (secondary N) is 2. The number of rotatable bonds is 4. The maximum Gasteiger partial charge on any atom is 0.164 e. The molecule has 0 aliphatic carbocycles. The van der Waals surface area contributed by atoms with Crippen LogP contribution < -0.4 is 16.6 Å². The van der Waals surface area contributed by atoms with E-state index in [-0.39, 0.29) is 6.04 Å². The van der Waals surface area contributed by atoms with Crippen LogP contribution in [0.15, 0.2) is 24.3 Å². The van der Waals surface area contributed by atoms with E-state index in [4.69, 9.17) is 10.6 Å². The molecule has 4 N–H and O–H groups in total. The average Bonchev–Trinajstić information content (AvgIpc) is 2.78. The van der Waals surface area contributed by atoms with Gasteiger partial charge in [-0.05, 0) is 24.1 Å². The van der Waals surface area contributed by atoms with Crippen molar-refractivity contribution in [2.24, 2.45) is 5.84 Å². The Balaban J connectivity index is 1.91. The average molecular weight is 221 g/mol. The SMILES string of the molecule is NNc1ccc(C[C@H]2COC(C=O)N2)cc1. The van der Waals surface area contributed by atoms with Gasteiger partial charge in [-0.1, -0.05) is 12.1 Å². The first-order valence-electron chi connectivity index (χ1n) is 5.20. The largest absolute Gasteiger partial charge is 0.355 e. The van der Waals surface area contributed by atoms with E-state index in [2.05, 4.69) is 10.7 Å². The molecule has 86 valence electrons. The number of hydrogen-bond donors (Lipinski definition) is 3. The third kappa shape index (κ3) is 2.57. The van der Waals surface area contributed by atoms with Crippen LogP contribution in [-0.4, -0.2) is 25.2 Å². The standard InChI is InChI=1S/C11H15N3O2/c12-14-9-3-1-8(2-4-9)5-10-7-16-11(6-15)13-10/h1-4,6,10-11,13-14H,5,7,12H2/t10-,11?/m0/s1. The van der Waals surface area contributed by atoms with Crippen LogP contribution in [-0.2, 0) is 16.0 Å². The Morgan fingerprint density at radius 1 is 1.50 bits per heavy atom. The van der Waals surface area contributed by atoms with Crippen molar-refractivity contribution in [2.75, 3.05) is 12.0 Å². The lowest BCUT2D eigenvalue weighted by Gasteiger charge is -2.09. The van der Waals surface area contributed by atoms with Crippen LogP contribution in [0, 0.1) is 0 Å². The Hall–Kier alpha value is -1.43. The second-order valence-corrected chi connectivity index (χ2v) is 3.80. The summed E-state index contributed by atoms with van der Waals surface area (Å²) in [4.78, 5) is 10.5. The predicted octanol–water partition coefficient (Wildman–Crippen LogP) is 0.0281. The van der Waals surface area contributed by atoms with Crippen molar-refractivity contribution in [3.63, 3.8) is 0 Å². The molecular formula is C11H15N3O2. The van der Waals surface area contributed by atoms with Crippen LogP contribution in [0.1, 0.15) is 5.56 Å². The highest BCUT2D eigenvalue weighted by Crippen LogP contribution is 2.12. The highest BCUT2D eigenvalue weighted by atomic mass is 16.5. The van der Waals surface area contributed by atoms with Crippen LogP contribution in [0.5, 0.6) is 0 Å². The third-order valence-corrected chi connectivity index (χ3v) is 2.60. The Bertz CT molecular complexity index is 353. The van der Waals surface area contributed by atoms with Gasteiger partial charge in [0.1, 0.15) is 0 Å². The molecule has 1 fully saturated rings. The fourth-order valence-corrected chi connectivity index (χ4v) is 1.77. The van der Waals surface area contributed by atoms with Crippen molar-refractivity contribution in [2.45, 2.75) is 18.7 Å². The van der Waals surface area contributed by atoms with Gasteiger partial charge in [-0.25, -0.2) is 0 Å². The highest BCUT2D eigenvalue weighted by Gasteiger charge is 2.23. The first kappa shape index (κ1) is 11.1. The van der Waals surface area contributed by atoms with E-state index in [1.807, 2.05) is 24.3 Å². The summed E-state index contributed by atoms with van der Waals surface area (Å²) in [5.41, 5.74) is 4.64. The molecule has 0 radical (unpaired) electrons. The van der Waals surface area contributed by atoms with Gasteiger partial charge in [0.05, 0.1) is 6.61 Å². The van der Waals surface area contributed by atoms with Gasteiger partial charge in [0.25, 0.3) is 0 Å². The van der Waals surface area contributed by atoms with E-state index in [0.717, 1.165) is 18.4 Å². The van der Waals surface area contributed by atoms with Crippen LogP contribution >= 0.6 is 0 Å². The zero-order chi connectivity index (χ0) is 11.4. The number of carbonyl (C=O) groups excluding carboxylic acids is 1. The van der Waals surface area contributed by atoms with Gasteiger partial charge in [-0.15, -0.1) is 0 Å². The normalized spacial score (nSPS) is 24.3. The number of nitrogen functional groups attached to an aromatic ring is 1. The summed E-state index contributed by atoms with van der Waals surface area (Å²) in [6.07, 6.45) is 1.17. The number of benzene rings is 1. The molecule has 0 aromatic heterocycles. The molecule has 0 saturated carbocycles. The van der Waals surface area contributed by atoms with E-state index in [1.54, 1.807) is 0 Å². The number of hydrogen-bond acceptors (Lipinski definition) is 5. The van der Waals surface area contributed by atoms with Gasteiger partial charge >= 0.3 is 0 Å². The lowest BCUT2D eigenvalue weighted by molar-refractivity contribution is -0.116. The minimum absolute atomic E-state index is 0.201. The molecular weight excluding hydrogens is 206 g/mol. The summed E-state index contributed by atoms with van der Waals surface area (Å²) >= 11 is 0. The Kier molecular flexibility index (Phi) is 3.51. The van der Waals surface area contributed by atoms with Crippen LogP contribution in [0.25, 0.3) is 0 Å². The van der Waals surface area contributed by atoms with E-state index in [9.17, 15) is 4.79 Å². The van der Waals surface area contributed by atoms with Crippen LogP contribution in [0.3, 0.4) is 0 Å². The molecule has 1 heterocycles. The molecule has 2 atom stereocenters. The first-order chi connectivity index (χ1) is 7.81. The van der Waals surface area contributed by atoms with Crippen molar-refractivity contribution in [1.29, 1.82) is 0 Å². The van der Waals surface area contributed by atoms with Crippen molar-refractivity contribution in [1.82, 2.24) is 5.32 Å². The lowest BCUT2D eigenvalue weighted by atomic mass is 10.1. The minimum atomic E-state index is -0.449. The third-order valence-electron chi connectivity index (χ3n) is 2.60. The fourth-order valence-electron chi connectivity index (χ4n) is 1.77. The lowest BCUT2D eigenvalue weighted by Crippen LogP contribution is -2.32. The van der Waals surface area contributed by atoms with Gasteiger partial charge in [0.15, 0.2) is 12.5 Å². The molecule has 0 bridgehead atoms. The summed E-state index contributed by atoms with van der Waals surface area (Å²) in [6.45, 7) is 0.570. The molecule has 0 spiro atoms. The van der Waals surface area contributed by atoms with E-state index in [1.165, 1.54) is 5.56 Å². The second kappa shape index (κ2) is 5.07. The topological polar surface area (TPSA) is 76.4 Å². The maximum absolute atomic E-state index is 10.5. The highest BCUT2D eigenvalue weighted by molar-refractivity contribution is 5.55. The molecule has 1 aliphatic heterocycles. The Morgan fingerprint density at radius 3 is 2.81 bits per heavy atom. The summed E-state index contributed by atoms with van der Waals surface area (Å²) < 4.78 is 5.22. The van der Waals surface area contributed by atoms with Crippen molar-refractivity contribution < 1.29 is 9.53 Å². The summed E-state index contributed by atoms with van der Waals surface area (Å²) in [5.74, 6) is 5.28. The molecule has 1 aliphatic rings. The number of hydrazine groups is 1. The molecule has 0 amide bonds. The van der Waals surface area contributed by atoms with Gasteiger partial charge in [0.2, 0.25) is 0 Å². The maximum atomic E-state index is 10.5. The van der Waals surface area contributed by atoms with Crippen molar-refractivity contribution in [3.8, 4) is 0 Å². The van der Waals surface area contributed by atoms with Crippen LogP contribution in [0.2, 0.25) is 0 Å². The Labute approximate surface area is 93.9 Å². The van der Waals surface area contributed by atoms with E-state index >= 15 is 0 Å². The summed E-state index contributed by atoms with van der Waals surface area (Å²) in [7, 11) is 0. The van der Waals surface area contributed by atoms with Gasteiger partial charge in [-0.3, -0.25) is 16.0 Å². The van der Waals surface area contributed by atoms with Gasteiger partial charge in [0, 0.05) is 11.7 Å². The minimum Gasteiger partial charge on any atom is -0.355 e. The van der Waals surface area contributed by atoms with E-state index in [0.29, 0.717) is 6.61 Å². The van der Waals surface area contributed by atoms with E-state index < -0.39 is 6.23 Å². The smallest absolute Gasteiger partial charge is 0.164 e. The number of anilines is 1. The predicted molar refractivity (Wildman–Crippen MR) is 60.7 cm³/mol. The molecule has 1 saturated heterocycles. The number of nitrogens with two attached hydrogens (primary N) is 1. The first-order valence-corrected chi connectivity index (χ1v) is 5.20. The molecule has 5 heteroatoms. The zero-order valence-electron chi connectivity index (χ0n) is 8.85. The van der Waals surface area contributed by atoms with Crippen molar-refractivity contribution >= 4 is 12.0 Å². The molecule has 5 nitrogen and oxygen atoms in total. The monoisotopic (exact) mass is 221 g/mol. The molecule has 1 aromatic carbocycles. The van der Waals surface area contributed by atoms with Gasteiger partial charge < -0.3 is 10.2 Å². The summed E-state index contributed by atoms with van der Waals surface area (Å²) in [6, 6.07) is 8.05. The molecule has 2 rings (SSSR count). The fraction of sp³-hybridized carbons (Fsp3) is 0.364. The second-order valence-electron chi connectivity index (χ2n) is 3.80. The molecule has 1 aromatic rings. The molecule has 16 heavy (non-hydrogen) atoms. The zero-order valence-corrected chi connectivity index (χ0v) is 8.85. The molecule has 1 unspecified atom stereocenters. The van der Waals surface area contributed by atoms with Crippen molar-refractivity contribution in [3.05, 3.63) is 29.8 Å². The summed E-state index contributed by atoms with van der Waals surface area (Å²) in [5, 5.41) is 3.09. The van der Waals surface area contributed by atoms with Crippen LogP contribution in [0.4, 0.5) is 5.69 Å². The quantitative estimate of drug-likeness (QED) is 0.380. The van der Waals surface area contributed by atoms with Gasteiger partial charge in [-0.2, -0.15) is 0 Å². The number of ether oxygens (including phenoxy) is 1. The number of carbonyl (C=O) groups is 1. The Morgan fingerprint density at radius 2 is 2.25 bits per heavy atom.